The van der Waals surface area contributed by atoms with Crippen LogP contribution >= 0.6 is 0 Å². The first-order chi connectivity index (χ1) is 9.83. The van der Waals surface area contributed by atoms with Crippen molar-refractivity contribution in [3.8, 4) is 0 Å². The molecule has 2 atom stereocenters. The van der Waals surface area contributed by atoms with E-state index < -0.39 is 0 Å². The lowest BCUT2D eigenvalue weighted by Gasteiger charge is -2.28. The van der Waals surface area contributed by atoms with Crippen molar-refractivity contribution in [2.75, 3.05) is 6.61 Å². The van der Waals surface area contributed by atoms with Gasteiger partial charge in [0.05, 0.1) is 12.7 Å². The van der Waals surface area contributed by atoms with Gasteiger partial charge in [0.1, 0.15) is 0 Å². The molecule has 0 aliphatic carbocycles. The molecule has 0 N–H and O–H groups in total. The number of epoxide rings is 1. The van der Waals surface area contributed by atoms with Crippen LogP contribution in [0.3, 0.4) is 0 Å². The monoisotopic (exact) mass is 267 g/mol. The molecular formula is C18H21NO. The van der Waals surface area contributed by atoms with E-state index in [0.717, 1.165) is 19.7 Å². The van der Waals surface area contributed by atoms with Crippen molar-refractivity contribution < 1.29 is 4.74 Å². The highest BCUT2D eigenvalue weighted by atomic mass is 16.6. The van der Waals surface area contributed by atoms with Gasteiger partial charge in [-0.05, 0) is 18.1 Å². The van der Waals surface area contributed by atoms with Crippen molar-refractivity contribution >= 4 is 0 Å². The molecule has 2 aromatic rings. The van der Waals surface area contributed by atoms with Crippen LogP contribution in [0, 0.1) is 0 Å². The molecule has 0 bridgehead atoms. The first-order valence-corrected chi connectivity index (χ1v) is 7.26. The molecule has 1 aliphatic rings. The lowest BCUT2D eigenvalue weighted by molar-refractivity contribution is 0.157. The molecular weight excluding hydrogens is 246 g/mol. The van der Waals surface area contributed by atoms with Crippen molar-refractivity contribution in [1.29, 1.82) is 0 Å². The highest BCUT2D eigenvalue weighted by Crippen LogP contribution is 2.22. The van der Waals surface area contributed by atoms with Crippen molar-refractivity contribution in [2.45, 2.75) is 32.2 Å². The minimum absolute atomic E-state index is 0.405. The van der Waals surface area contributed by atoms with E-state index in [1.165, 1.54) is 11.1 Å². The topological polar surface area (TPSA) is 15.8 Å². The number of nitrogens with zero attached hydrogens (tertiary/aromatic N) is 1. The summed E-state index contributed by atoms with van der Waals surface area (Å²) in [6.45, 7) is 5.11. The maximum Gasteiger partial charge on any atom is 0.0962 e. The lowest BCUT2D eigenvalue weighted by Crippen LogP contribution is -2.36. The van der Waals surface area contributed by atoms with E-state index in [0.29, 0.717) is 12.1 Å². The quantitative estimate of drug-likeness (QED) is 0.745. The van der Waals surface area contributed by atoms with E-state index in [2.05, 4.69) is 72.5 Å². The lowest BCUT2D eigenvalue weighted by atomic mass is 10.1. The van der Waals surface area contributed by atoms with Crippen LogP contribution in [-0.4, -0.2) is 23.7 Å². The summed E-state index contributed by atoms with van der Waals surface area (Å²) in [5.74, 6) is 0. The van der Waals surface area contributed by atoms with E-state index in [-0.39, 0.29) is 0 Å². The van der Waals surface area contributed by atoms with Crippen LogP contribution in [0.15, 0.2) is 60.7 Å². The molecule has 0 radical (unpaired) electrons. The molecule has 0 spiro atoms. The van der Waals surface area contributed by atoms with Crippen LogP contribution in [0.1, 0.15) is 18.1 Å². The van der Waals surface area contributed by atoms with Gasteiger partial charge in [0, 0.05) is 19.1 Å². The zero-order valence-electron chi connectivity index (χ0n) is 11.9. The highest BCUT2D eigenvalue weighted by molar-refractivity contribution is 5.17. The minimum atomic E-state index is 0.405. The fraction of sp³-hybridized carbons (Fsp3) is 0.333. The van der Waals surface area contributed by atoms with Crippen molar-refractivity contribution in [2.24, 2.45) is 0 Å². The summed E-state index contributed by atoms with van der Waals surface area (Å²) in [6.07, 6.45) is 0.405. The summed E-state index contributed by atoms with van der Waals surface area (Å²) < 4.78 is 5.48. The molecule has 104 valence electrons. The average molecular weight is 267 g/mol. The highest BCUT2D eigenvalue weighted by Gasteiger charge is 2.33. The van der Waals surface area contributed by atoms with Crippen LogP contribution in [0.4, 0.5) is 0 Å². The van der Waals surface area contributed by atoms with E-state index in [1.807, 2.05) is 0 Å². The van der Waals surface area contributed by atoms with Gasteiger partial charge in [0.15, 0.2) is 0 Å². The third-order valence-electron chi connectivity index (χ3n) is 3.93. The number of ether oxygens (including phenoxy) is 1. The fourth-order valence-electron chi connectivity index (χ4n) is 2.55. The van der Waals surface area contributed by atoms with Crippen molar-refractivity contribution in [3.05, 3.63) is 71.8 Å². The Bertz CT molecular complexity index is 480. The zero-order chi connectivity index (χ0) is 13.8. The summed E-state index contributed by atoms with van der Waals surface area (Å²) >= 11 is 0. The second kappa shape index (κ2) is 6.21. The second-order valence-corrected chi connectivity index (χ2v) is 5.49. The van der Waals surface area contributed by atoms with Gasteiger partial charge < -0.3 is 4.74 Å². The Kier molecular flexibility index (Phi) is 4.14. The summed E-state index contributed by atoms with van der Waals surface area (Å²) in [4.78, 5) is 2.50. The molecule has 0 saturated carbocycles. The third kappa shape index (κ3) is 3.47. The zero-order valence-corrected chi connectivity index (χ0v) is 11.9. The van der Waals surface area contributed by atoms with Crippen LogP contribution in [0.2, 0.25) is 0 Å². The van der Waals surface area contributed by atoms with Crippen LogP contribution in [0.25, 0.3) is 0 Å². The fourth-order valence-corrected chi connectivity index (χ4v) is 2.55. The number of hydrogen-bond acceptors (Lipinski definition) is 2. The van der Waals surface area contributed by atoms with Crippen molar-refractivity contribution in [1.82, 2.24) is 4.90 Å². The number of benzene rings is 2. The van der Waals surface area contributed by atoms with E-state index >= 15 is 0 Å². The summed E-state index contributed by atoms with van der Waals surface area (Å²) in [6, 6.07) is 21.8. The molecule has 0 amide bonds. The Labute approximate surface area is 121 Å². The SMILES string of the molecule is CC(C1CO1)N(Cc1ccccc1)Cc1ccccc1. The van der Waals surface area contributed by atoms with Gasteiger partial charge in [-0.2, -0.15) is 0 Å². The molecule has 0 aromatic heterocycles. The maximum absolute atomic E-state index is 5.48. The molecule has 2 aromatic carbocycles. The van der Waals surface area contributed by atoms with Crippen LogP contribution in [-0.2, 0) is 17.8 Å². The van der Waals surface area contributed by atoms with Crippen LogP contribution in [0.5, 0.6) is 0 Å². The Balaban J connectivity index is 1.73. The first kappa shape index (κ1) is 13.3. The Morgan fingerprint density at radius 1 is 0.950 bits per heavy atom. The van der Waals surface area contributed by atoms with Crippen molar-refractivity contribution in [3.63, 3.8) is 0 Å². The van der Waals surface area contributed by atoms with Gasteiger partial charge >= 0.3 is 0 Å². The Hall–Kier alpha value is -1.64. The molecule has 1 saturated heterocycles. The normalized spacial score (nSPS) is 19.0. The van der Waals surface area contributed by atoms with Crippen LogP contribution < -0.4 is 0 Å². The molecule has 2 unspecified atom stereocenters. The summed E-state index contributed by atoms with van der Waals surface area (Å²) in [5, 5.41) is 0. The number of hydrogen-bond donors (Lipinski definition) is 0. The van der Waals surface area contributed by atoms with E-state index in [9.17, 15) is 0 Å². The average Bonchev–Trinajstić information content (AvgIpc) is 3.33. The summed E-state index contributed by atoms with van der Waals surface area (Å²) in [5.41, 5.74) is 2.71. The predicted octanol–water partition coefficient (Wildman–Crippen LogP) is 3.48. The molecule has 1 heterocycles. The van der Waals surface area contributed by atoms with Gasteiger partial charge in [-0.25, -0.2) is 0 Å². The molecule has 20 heavy (non-hydrogen) atoms. The Morgan fingerprint density at radius 3 is 1.80 bits per heavy atom. The maximum atomic E-state index is 5.48. The minimum Gasteiger partial charge on any atom is -0.371 e. The van der Waals surface area contributed by atoms with E-state index in [1.54, 1.807) is 0 Å². The first-order valence-electron chi connectivity index (χ1n) is 7.26. The summed E-state index contributed by atoms with van der Waals surface area (Å²) in [7, 11) is 0. The van der Waals surface area contributed by atoms with Gasteiger partial charge in [-0.1, -0.05) is 60.7 Å². The largest absolute Gasteiger partial charge is 0.371 e. The second-order valence-electron chi connectivity index (χ2n) is 5.49. The smallest absolute Gasteiger partial charge is 0.0962 e. The standard InChI is InChI=1S/C18H21NO/c1-15(18-14-20-18)19(12-16-8-4-2-5-9-16)13-17-10-6-3-7-11-17/h2-11,15,18H,12-14H2,1H3. The Morgan fingerprint density at radius 2 is 1.40 bits per heavy atom. The molecule has 2 nitrogen and oxygen atoms in total. The van der Waals surface area contributed by atoms with Gasteiger partial charge in [-0.3, -0.25) is 4.90 Å². The van der Waals surface area contributed by atoms with E-state index in [4.69, 9.17) is 4.74 Å². The van der Waals surface area contributed by atoms with Gasteiger partial charge in [-0.15, -0.1) is 0 Å². The van der Waals surface area contributed by atoms with Gasteiger partial charge in [0.25, 0.3) is 0 Å². The van der Waals surface area contributed by atoms with Gasteiger partial charge in [0.2, 0.25) is 0 Å². The molecule has 2 heteroatoms. The molecule has 1 fully saturated rings. The molecule has 3 rings (SSSR count). The molecule has 1 aliphatic heterocycles. The predicted molar refractivity (Wildman–Crippen MR) is 81.3 cm³/mol. The third-order valence-corrected chi connectivity index (χ3v) is 3.93. The number of rotatable bonds is 6.